The molecule has 2 aliphatic rings. The minimum Gasteiger partial charge on any atom is -0.356 e. The lowest BCUT2D eigenvalue weighted by molar-refractivity contribution is -0.126. The molecule has 5 rings (SSSR count). The molecule has 3 aromatic rings. The fourth-order valence-corrected chi connectivity index (χ4v) is 6.36. The SMILES string of the molecule is O=C(Cn1c(=O)n(CC2CCC(C(=O)NCCc3ccccc3)CC2)c(=O)c2ccccc21)NCCC1=CCCCC1. The molecule has 0 saturated heterocycles. The standard InChI is InChI=1S/C34H42N4O4/c39-31(35-21-19-25-9-3-1-4-10-25)24-37-30-14-8-7-13-29(30)33(41)38(34(37)42)23-27-15-17-28(18-16-27)32(40)36-22-20-26-11-5-2-6-12-26/h2,5-9,11-14,27-28H,1,3-4,10,15-24H2,(H,35,39)(H,36,40). The van der Waals surface area contributed by atoms with Gasteiger partial charge >= 0.3 is 5.69 Å². The third-order valence-electron chi connectivity index (χ3n) is 8.80. The molecule has 42 heavy (non-hydrogen) atoms. The molecule has 2 aromatic carbocycles. The number of amides is 2. The molecular formula is C34H42N4O4. The zero-order valence-electron chi connectivity index (χ0n) is 24.4. The lowest BCUT2D eigenvalue weighted by Crippen LogP contribution is -2.44. The van der Waals surface area contributed by atoms with Gasteiger partial charge < -0.3 is 10.6 Å². The van der Waals surface area contributed by atoms with Crippen LogP contribution in [0.5, 0.6) is 0 Å². The lowest BCUT2D eigenvalue weighted by atomic mass is 9.81. The third kappa shape index (κ3) is 7.46. The quantitative estimate of drug-likeness (QED) is 0.335. The molecule has 0 unspecified atom stereocenters. The highest BCUT2D eigenvalue weighted by molar-refractivity contribution is 5.81. The third-order valence-corrected chi connectivity index (χ3v) is 8.80. The van der Waals surface area contributed by atoms with E-state index in [1.807, 2.05) is 18.2 Å². The molecule has 1 fully saturated rings. The van der Waals surface area contributed by atoms with Crippen molar-refractivity contribution in [3.05, 3.63) is 92.6 Å². The van der Waals surface area contributed by atoms with Gasteiger partial charge in [0.25, 0.3) is 5.56 Å². The average Bonchev–Trinajstić information content (AvgIpc) is 3.02. The predicted octanol–water partition coefficient (Wildman–Crippen LogP) is 4.34. The summed E-state index contributed by atoms with van der Waals surface area (Å²) in [6.07, 6.45) is 11.5. The van der Waals surface area contributed by atoms with Crippen LogP contribution in [0.2, 0.25) is 0 Å². The highest BCUT2D eigenvalue weighted by atomic mass is 16.2. The zero-order chi connectivity index (χ0) is 29.3. The summed E-state index contributed by atoms with van der Waals surface area (Å²) < 4.78 is 2.73. The molecule has 8 heteroatoms. The summed E-state index contributed by atoms with van der Waals surface area (Å²) in [5, 5.41) is 6.47. The van der Waals surface area contributed by atoms with Crippen molar-refractivity contribution < 1.29 is 9.59 Å². The number of rotatable bonds is 11. The van der Waals surface area contributed by atoms with Gasteiger partial charge in [-0.3, -0.25) is 23.5 Å². The second-order valence-electron chi connectivity index (χ2n) is 11.8. The summed E-state index contributed by atoms with van der Waals surface area (Å²) in [4.78, 5) is 52.6. The summed E-state index contributed by atoms with van der Waals surface area (Å²) in [5.41, 5.74) is 2.28. The molecule has 222 valence electrons. The Morgan fingerprint density at radius 1 is 0.810 bits per heavy atom. The van der Waals surface area contributed by atoms with E-state index in [2.05, 4.69) is 28.8 Å². The molecule has 1 saturated carbocycles. The number of carbonyl (C=O) groups is 2. The van der Waals surface area contributed by atoms with Crippen LogP contribution in [0.15, 0.2) is 75.8 Å². The number of nitrogens with zero attached hydrogens (tertiary/aromatic N) is 2. The molecular weight excluding hydrogens is 528 g/mol. The first kappa shape index (κ1) is 29.5. The van der Waals surface area contributed by atoms with Crippen molar-refractivity contribution in [2.45, 2.75) is 77.3 Å². The largest absolute Gasteiger partial charge is 0.356 e. The van der Waals surface area contributed by atoms with Crippen LogP contribution in [0, 0.1) is 11.8 Å². The van der Waals surface area contributed by atoms with E-state index >= 15 is 0 Å². The minimum atomic E-state index is -0.454. The average molecular weight is 571 g/mol. The highest BCUT2D eigenvalue weighted by Gasteiger charge is 2.27. The van der Waals surface area contributed by atoms with E-state index in [4.69, 9.17) is 0 Å². The van der Waals surface area contributed by atoms with E-state index in [9.17, 15) is 19.2 Å². The molecule has 0 radical (unpaired) electrons. The number of hydrogen-bond donors (Lipinski definition) is 2. The van der Waals surface area contributed by atoms with E-state index in [1.165, 1.54) is 33.1 Å². The number of benzene rings is 2. The summed E-state index contributed by atoms with van der Waals surface area (Å²) in [6, 6.07) is 17.1. The van der Waals surface area contributed by atoms with E-state index in [-0.39, 0.29) is 35.8 Å². The van der Waals surface area contributed by atoms with Gasteiger partial charge in [0.2, 0.25) is 11.8 Å². The first-order chi connectivity index (χ1) is 20.5. The lowest BCUT2D eigenvalue weighted by Gasteiger charge is -2.28. The van der Waals surface area contributed by atoms with Crippen LogP contribution in [0.1, 0.15) is 63.4 Å². The maximum atomic E-state index is 13.6. The molecule has 2 N–H and O–H groups in total. The van der Waals surface area contributed by atoms with Crippen molar-refractivity contribution in [2.24, 2.45) is 11.8 Å². The van der Waals surface area contributed by atoms with Crippen molar-refractivity contribution in [1.82, 2.24) is 19.8 Å². The molecule has 0 atom stereocenters. The fourth-order valence-electron chi connectivity index (χ4n) is 6.36. The normalized spacial score (nSPS) is 18.8. The van der Waals surface area contributed by atoms with Gasteiger partial charge in [0.1, 0.15) is 6.54 Å². The zero-order valence-corrected chi connectivity index (χ0v) is 24.4. The Morgan fingerprint density at radius 2 is 1.55 bits per heavy atom. The molecule has 2 amide bonds. The van der Waals surface area contributed by atoms with E-state index < -0.39 is 5.69 Å². The number of aromatic nitrogens is 2. The van der Waals surface area contributed by atoms with Crippen LogP contribution in [0.3, 0.4) is 0 Å². The van der Waals surface area contributed by atoms with Crippen LogP contribution in [0.25, 0.3) is 10.9 Å². The summed E-state index contributed by atoms with van der Waals surface area (Å²) in [7, 11) is 0. The van der Waals surface area contributed by atoms with Crippen LogP contribution in [-0.4, -0.2) is 34.0 Å². The Bertz CT molecular complexity index is 1530. The van der Waals surface area contributed by atoms with Crippen molar-refractivity contribution in [3.8, 4) is 0 Å². The van der Waals surface area contributed by atoms with Gasteiger partial charge in [0.05, 0.1) is 10.9 Å². The topological polar surface area (TPSA) is 102 Å². The van der Waals surface area contributed by atoms with E-state index in [0.29, 0.717) is 30.5 Å². The summed E-state index contributed by atoms with van der Waals surface area (Å²) >= 11 is 0. The maximum absolute atomic E-state index is 13.6. The molecule has 8 nitrogen and oxygen atoms in total. The second-order valence-corrected chi connectivity index (χ2v) is 11.8. The van der Waals surface area contributed by atoms with Gasteiger partial charge in [-0.2, -0.15) is 0 Å². The number of nitrogens with one attached hydrogen (secondary N) is 2. The first-order valence-corrected chi connectivity index (χ1v) is 15.5. The van der Waals surface area contributed by atoms with Gasteiger partial charge in [0.15, 0.2) is 0 Å². The van der Waals surface area contributed by atoms with Crippen LogP contribution in [0.4, 0.5) is 0 Å². The molecule has 0 aliphatic heterocycles. The van der Waals surface area contributed by atoms with Gasteiger partial charge in [0, 0.05) is 25.6 Å². The summed E-state index contributed by atoms with van der Waals surface area (Å²) in [5.74, 6) is -0.0749. The molecule has 1 heterocycles. The Kier molecular flexibility index (Phi) is 10.1. The Morgan fingerprint density at radius 3 is 2.31 bits per heavy atom. The monoisotopic (exact) mass is 570 g/mol. The van der Waals surface area contributed by atoms with Crippen molar-refractivity contribution in [3.63, 3.8) is 0 Å². The number of fused-ring (bicyclic) bond motifs is 1. The Hall–Kier alpha value is -3.94. The number of hydrogen-bond acceptors (Lipinski definition) is 4. The van der Waals surface area contributed by atoms with Crippen LogP contribution >= 0.6 is 0 Å². The summed E-state index contributed by atoms with van der Waals surface area (Å²) in [6.45, 7) is 1.31. The predicted molar refractivity (Wildman–Crippen MR) is 165 cm³/mol. The second kappa shape index (κ2) is 14.3. The highest BCUT2D eigenvalue weighted by Crippen LogP contribution is 2.29. The molecule has 2 aliphatic carbocycles. The van der Waals surface area contributed by atoms with E-state index in [1.54, 1.807) is 24.3 Å². The smallest absolute Gasteiger partial charge is 0.331 e. The van der Waals surface area contributed by atoms with Gasteiger partial charge in [-0.15, -0.1) is 0 Å². The van der Waals surface area contributed by atoms with Gasteiger partial charge in [-0.25, -0.2) is 4.79 Å². The number of allylic oxidation sites excluding steroid dienone is 1. The minimum absolute atomic E-state index is 0.0462. The number of para-hydroxylation sites is 1. The van der Waals surface area contributed by atoms with Crippen molar-refractivity contribution >= 4 is 22.7 Å². The van der Waals surface area contributed by atoms with Gasteiger partial charge in [-0.1, -0.05) is 54.1 Å². The van der Waals surface area contributed by atoms with Crippen LogP contribution in [-0.2, 0) is 29.1 Å². The van der Waals surface area contributed by atoms with Crippen molar-refractivity contribution in [1.29, 1.82) is 0 Å². The first-order valence-electron chi connectivity index (χ1n) is 15.5. The Balaban J connectivity index is 1.20. The van der Waals surface area contributed by atoms with Crippen molar-refractivity contribution in [2.75, 3.05) is 13.1 Å². The molecule has 1 aromatic heterocycles. The molecule has 0 spiro atoms. The van der Waals surface area contributed by atoms with Crippen LogP contribution < -0.4 is 21.9 Å². The fraction of sp³-hybridized carbons (Fsp3) is 0.471. The number of carbonyl (C=O) groups excluding carboxylic acids is 2. The Labute approximate surface area is 246 Å². The maximum Gasteiger partial charge on any atom is 0.331 e. The van der Waals surface area contributed by atoms with Gasteiger partial charge in [-0.05, 0) is 87.8 Å². The molecule has 0 bridgehead atoms. The van der Waals surface area contributed by atoms with E-state index in [0.717, 1.165) is 51.4 Å².